The Hall–Kier alpha value is -1.47. The minimum Gasteiger partial charge on any atom is -0.392 e. The fourth-order valence-corrected chi connectivity index (χ4v) is 2.66. The topological polar surface area (TPSA) is 89.3 Å². The van der Waals surface area contributed by atoms with Crippen LogP contribution in [0.15, 0.2) is 29.2 Å². The quantitative estimate of drug-likeness (QED) is 0.795. The number of thiocarbonyl (C=S) groups is 1. The molecule has 1 aromatic rings. The molecule has 110 valence electrons. The van der Waals surface area contributed by atoms with Crippen molar-refractivity contribution in [3.05, 3.63) is 29.8 Å². The van der Waals surface area contributed by atoms with Crippen LogP contribution in [0.5, 0.6) is 0 Å². The Morgan fingerprint density at radius 3 is 2.40 bits per heavy atom. The molecular formula is C13H18N2O3S2. The maximum atomic E-state index is 12.1. The van der Waals surface area contributed by atoms with Crippen molar-refractivity contribution in [2.45, 2.75) is 24.8 Å². The van der Waals surface area contributed by atoms with Crippen LogP contribution in [-0.4, -0.2) is 31.6 Å². The highest BCUT2D eigenvalue weighted by Crippen LogP contribution is 2.12. The third-order valence-corrected chi connectivity index (χ3v) is 4.15. The first kappa shape index (κ1) is 16.6. The van der Waals surface area contributed by atoms with Gasteiger partial charge in [0.15, 0.2) is 9.84 Å². The van der Waals surface area contributed by atoms with Crippen LogP contribution in [0.4, 0.5) is 0 Å². The molecule has 0 spiro atoms. The van der Waals surface area contributed by atoms with E-state index in [1.807, 2.05) is 13.8 Å². The molecule has 0 radical (unpaired) electrons. The predicted octanol–water partition coefficient (Wildman–Crippen LogP) is 1.13. The van der Waals surface area contributed by atoms with Gasteiger partial charge in [0, 0.05) is 11.8 Å². The molecule has 0 saturated heterocycles. The molecule has 0 heterocycles. The van der Waals surface area contributed by atoms with Crippen molar-refractivity contribution in [2.75, 3.05) is 6.26 Å². The Morgan fingerprint density at radius 1 is 1.35 bits per heavy atom. The van der Waals surface area contributed by atoms with E-state index in [0.717, 1.165) is 6.26 Å². The molecule has 0 aromatic heterocycles. The lowest BCUT2D eigenvalue weighted by Crippen LogP contribution is -2.46. The van der Waals surface area contributed by atoms with Crippen LogP contribution in [0, 0.1) is 5.92 Å². The molecule has 0 saturated carbocycles. The number of carbonyl (C=O) groups is 1. The summed E-state index contributed by atoms with van der Waals surface area (Å²) >= 11 is 4.91. The van der Waals surface area contributed by atoms with Crippen LogP contribution in [0.25, 0.3) is 0 Å². The lowest BCUT2D eigenvalue weighted by Gasteiger charge is -2.21. The van der Waals surface area contributed by atoms with Crippen molar-refractivity contribution in [3.63, 3.8) is 0 Å². The maximum absolute atomic E-state index is 12.1. The van der Waals surface area contributed by atoms with Crippen LogP contribution >= 0.6 is 12.2 Å². The van der Waals surface area contributed by atoms with Gasteiger partial charge in [-0.25, -0.2) is 8.42 Å². The minimum absolute atomic E-state index is 0.0505. The average Bonchev–Trinajstić information content (AvgIpc) is 2.34. The maximum Gasteiger partial charge on any atom is 0.251 e. The van der Waals surface area contributed by atoms with Crippen molar-refractivity contribution in [1.82, 2.24) is 5.32 Å². The summed E-state index contributed by atoms with van der Waals surface area (Å²) < 4.78 is 22.9. The van der Waals surface area contributed by atoms with E-state index in [2.05, 4.69) is 5.32 Å². The van der Waals surface area contributed by atoms with Gasteiger partial charge in [0.25, 0.3) is 5.91 Å². The van der Waals surface area contributed by atoms with E-state index in [-0.39, 0.29) is 21.4 Å². The fourth-order valence-electron chi connectivity index (χ4n) is 1.66. The molecule has 5 nitrogen and oxygen atoms in total. The molecule has 1 atom stereocenters. The van der Waals surface area contributed by atoms with Gasteiger partial charge in [0.2, 0.25) is 0 Å². The van der Waals surface area contributed by atoms with E-state index in [0.29, 0.717) is 0 Å². The van der Waals surface area contributed by atoms with Crippen molar-refractivity contribution in [2.24, 2.45) is 11.7 Å². The molecular weight excluding hydrogens is 296 g/mol. The molecule has 7 heteroatoms. The lowest BCUT2D eigenvalue weighted by molar-refractivity contribution is 0.0939. The molecule has 0 bridgehead atoms. The zero-order valence-corrected chi connectivity index (χ0v) is 13.2. The molecule has 1 unspecified atom stereocenters. The predicted molar refractivity (Wildman–Crippen MR) is 82.4 cm³/mol. The number of amides is 1. The van der Waals surface area contributed by atoms with Crippen molar-refractivity contribution in [3.8, 4) is 0 Å². The first-order chi connectivity index (χ1) is 9.12. The van der Waals surface area contributed by atoms with E-state index >= 15 is 0 Å². The van der Waals surface area contributed by atoms with Gasteiger partial charge < -0.3 is 11.1 Å². The zero-order chi connectivity index (χ0) is 15.5. The number of nitrogens with two attached hydrogens (primary N) is 1. The summed E-state index contributed by atoms with van der Waals surface area (Å²) in [6, 6.07) is 5.41. The van der Waals surface area contributed by atoms with Gasteiger partial charge in [-0.3, -0.25) is 4.79 Å². The highest BCUT2D eigenvalue weighted by Gasteiger charge is 2.20. The van der Waals surface area contributed by atoms with Crippen molar-refractivity contribution >= 4 is 33.0 Å². The van der Waals surface area contributed by atoms with Gasteiger partial charge in [-0.2, -0.15) is 0 Å². The fraction of sp³-hybridized carbons (Fsp3) is 0.385. The molecule has 1 aromatic carbocycles. The number of carbonyl (C=O) groups excluding carboxylic acids is 1. The molecule has 20 heavy (non-hydrogen) atoms. The van der Waals surface area contributed by atoms with Crippen LogP contribution in [0.1, 0.15) is 24.2 Å². The lowest BCUT2D eigenvalue weighted by atomic mass is 10.0. The number of hydrogen-bond donors (Lipinski definition) is 2. The van der Waals surface area contributed by atoms with E-state index in [4.69, 9.17) is 18.0 Å². The van der Waals surface area contributed by atoms with Gasteiger partial charge in [0.05, 0.1) is 15.9 Å². The van der Waals surface area contributed by atoms with Gasteiger partial charge in [-0.05, 0) is 24.1 Å². The Labute approximate surface area is 124 Å². The second-order valence-corrected chi connectivity index (χ2v) is 7.38. The normalized spacial score (nSPS) is 13.0. The number of rotatable bonds is 5. The largest absolute Gasteiger partial charge is 0.392 e. The Morgan fingerprint density at radius 2 is 1.95 bits per heavy atom. The summed E-state index contributed by atoms with van der Waals surface area (Å²) in [6.45, 7) is 3.77. The Kier molecular flexibility index (Phi) is 5.24. The number of hydrogen-bond acceptors (Lipinski definition) is 4. The first-order valence-corrected chi connectivity index (χ1v) is 8.33. The molecule has 0 fully saturated rings. The summed E-state index contributed by atoms with van der Waals surface area (Å²) in [5, 5.41) is 2.71. The highest BCUT2D eigenvalue weighted by atomic mass is 32.2. The number of nitrogens with one attached hydrogen (secondary N) is 1. The molecule has 1 rings (SSSR count). The Balaban J connectivity index is 3.01. The summed E-state index contributed by atoms with van der Waals surface area (Å²) in [4.78, 5) is 12.4. The third-order valence-electron chi connectivity index (χ3n) is 2.78. The van der Waals surface area contributed by atoms with Gasteiger partial charge >= 0.3 is 0 Å². The monoisotopic (exact) mass is 314 g/mol. The molecule has 1 amide bonds. The summed E-state index contributed by atoms with van der Waals surface area (Å²) in [6.07, 6.45) is 1.09. The van der Waals surface area contributed by atoms with Crippen LogP contribution < -0.4 is 11.1 Å². The van der Waals surface area contributed by atoms with Crippen LogP contribution in [0.3, 0.4) is 0 Å². The second-order valence-electron chi connectivity index (χ2n) is 4.90. The zero-order valence-electron chi connectivity index (χ0n) is 11.6. The van der Waals surface area contributed by atoms with E-state index in [1.54, 1.807) is 6.07 Å². The van der Waals surface area contributed by atoms with Crippen LogP contribution in [-0.2, 0) is 9.84 Å². The summed E-state index contributed by atoms with van der Waals surface area (Å²) in [5.74, 6) is -0.350. The SMILES string of the molecule is CC(C)C(NC(=O)c1cccc(S(C)(=O)=O)c1)C(N)=S. The van der Waals surface area contributed by atoms with Crippen molar-refractivity contribution in [1.29, 1.82) is 0 Å². The number of benzene rings is 1. The van der Waals surface area contributed by atoms with E-state index in [1.165, 1.54) is 18.2 Å². The van der Waals surface area contributed by atoms with E-state index in [9.17, 15) is 13.2 Å². The molecule has 0 aliphatic heterocycles. The summed E-state index contributed by atoms with van der Waals surface area (Å²) in [7, 11) is -3.35. The standard InChI is InChI=1S/C13H18N2O3S2/c1-8(2)11(12(14)19)15-13(16)9-5-4-6-10(7-9)20(3,17)18/h4-8,11H,1-3H3,(H2,14,19)(H,15,16). The van der Waals surface area contributed by atoms with Gasteiger partial charge in [-0.15, -0.1) is 0 Å². The Bertz CT molecular complexity index is 624. The highest BCUT2D eigenvalue weighted by molar-refractivity contribution is 7.90. The average molecular weight is 314 g/mol. The van der Waals surface area contributed by atoms with E-state index < -0.39 is 21.8 Å². The first-order valence-electron chi connectivity index (χ1n) is 6.03. The van der Waals surface area contributed by atoms with Crippen molar-refractivity contribution < 1.29 is 13.2 Å². The smallest absolute Gasteiger partial charge is 0.251 e. The molecule has 3 N–H and O–H groups in total. The summed E-state index contributed by atoms with van der Waals surface area (Å²) in [5.41, 5.74) is 5.84. The van der Waals surface area contributed by atoms with Gasteiger partial charge in [0.1, 0.15) is 0 Å². The molecule has 0 aliphatic carbocycles. The number of sulfone groups is 1. The molecule has 0 aliphatic rings. The third kappa shape index (κ3) is 4.28. The van der Waals surface area contributed by atoms with Gasteiger partial charge in [-0.1, -0.05) is 32.1 Å². The van der Waals surface area contributed by atoms with Crippen LogP contribution in [0.2, 0.25) is 0 Å². The minimum atomic E-state index is -3.35. The second kappa shape index (κ2) is 6.32.